The summed E-state index contributed by atoms with van der Waals surface area (Å²) in [6, 6.07) is 69.1. The van der Waals surface area contributed by atoms with Crippen LogP contribution >= 0.6 is 0 Å². The van der Waals surface area contributed by atoms with Crippen LogP contribution in [0.5, 0.6) is 0 Å². The monoisotopic (exact) mass is 964 g/mol. The maximum atomic E-state index is 2.57. The zero-order valence-corrected chi connectivity index (χ0v) is 43.4. The van der Waals surface area contributed by atoms with Crippen molar-refractivity contribution in [3.05, 3.63) is 268 Å². The van der Waals surface area contributed by atoms with Crippen LogP contribution in [0, 0.1) is 5.92 Å². The summed E-state index contributed by atoms with van der Waals surface area (Å²) in [5, 5.41) is 10.2. The first-order chi connectivity index (χ1) is 36.8. The van der Waals surface area contributed by atoms with Crippen LogP contribution < -0.4 is 9.80 Å². The van der Waals surface area contributed by atoms with Gasteiger partial charge in [-0.05, 0) is 193 Å². The number of benzene rings is 10. The molecule has 362 valence electrons. The van der Waals surface area contributed by atoms with Crippen LogP contribution in [0.1, 0.15) is 79.5 Å². The highest BCUT2D eigenvalue weighted by Crippen LogP contribution is 2.52. The summed E-state index contributed by atoms with van der Waals surface area (Å²) < 4.78 is 0. The number of hydrogen-bond acceptors (Lipinski definition) is 2. The van der Waals surface area contributed by atoms with Crippen LogP contribution in [0.15, 0.2) is 229 Å². The fourth-order valence-electron chi connectivity index (χ4n) is 13.1. The molecule has 0 spiro atoms. The molecule has 2 aliphatic carbocycles. The van der Waals surface area contributed by atoms with E-state index in [1.807, 2.05) is 0 Å². The van der Waals surface area contributed by atoms with Crippen molar-refractivity contribution in [2.24, 2.45) is 5.92 Å². The Hall–Kier alpha value is -8.46. The van der Waals surface area contributed by atoms with Gasteiger partial charge in [-0.25, -0.2) is 0 Å². The summed E-state index contributed by atoms with van der Waals surface area (Å²) in [4.78, 5) is 5.13. The average Bonchev–Trinajstić information content (AvgIpc) is 3.51. The molecule has 10 aromatic carbocycles. The number of aryl methyl sites for hydroxylation is 3. The number of hydrogen-bond donors (Lipinski definition) is 0. The maximum absolute atomic E-state index is 2.57. The van der Waals surface area contributed by atoms with Crippen molar-refractivity contribution < 1.29 is 0 Å². The third-order valence-electron chi connectivity index (χ3n) is 17.2. The molecule has 0 aromatic heterocycles. The summed E-state index contributed by atoms with van der Waals surface area (Å²) in [5.41, 5.74) is 22.1. The van der Waals surface area contributed by atoms with E-state index in [1.165, 1.54) is 138 Å². The minimum absolute atomic E-state index is 0.205. The van der Waals surface area contributed by atoms with E-state index in [-0.39, 0.29) is 5.41 Å². The molecule has 0 radical (unpaired) electrons. The van der Waals surface area contributed by atoms with E-state index in [0.29, 0.717) is 5.92 Å². The van der Waals surface area contributed by atoms with Crippen molar-refractivity contribution in [2.75, 3.05) is 9.80 Å². The van der Waals surface area contributed by atoms with Gasteiger partial charge in [0.15, 0.2) is 0 Å². The third-order valence-corrected chi connectivity index (χ3v) is 17.2. The van der Waals surface area contributed by atoms with Gasteiger partial charge in [-0.2, -0.15) is 0 Å². The van der Waals surface area contributed by atoms with Crippen molar-refractivity contribution in [3.8, 4) is 11.1 Å². The highest BCUT2D eigenvalue weighted by atomic mass is 15.2. The smallest absolute Gasteiger partial charge is 0.0540 e. The Bertz CT molecular complexity index is 4080. The van der Waals surface area contributed by atoms with Crippen LogP contribution in [-0.4, -0.2) is 0 Å². The molecule has 2 aliphatic heterocycles. The van der Waals surface area contributed by atoms with Gasteiger partial charge in [-0.15, -0.1) is 0 Å². The Morgan fingerprint density at radius 3 is 1.64 bits per heavy atom. The molecular formula is C73H60N2. The predicted molar refractivity (Wildman–Crippen MR) is 321 cm³/mol. The van der Waals surface area contributed by atoms with E-state index >= 15 is 0 Å². The van der Waals surface area contributed by atoms with E-state index < -0.39 is 0 Å². The lowest BCUT2D eigenvalue weighted by atomic mass is 9.81. The van der Waals surface area contributed by atoms with Crippen molar-refractivity contribution in [1.29, 1.82) is 0 Å². The van der Waals surface area contributed by atoms with E-state index in [0.717, 1.165) is 32.1 Å². The Labute approximate surface area is 441 Å². The first-order valence-electron chi connectivity index (χ1n) is 27.2. The molecule has 2 heterocycles. The predicted octanol–water partition coefficient (Wildman–Crippen LogP) is 19.8. The van der Waals surface area contributed by atoms with E-state index in [9.17, 15) is 0 Å². The molecule has 1 unspecified atom stereocenters. The fraction of sp³-hybridized carbons (Fsp3) is 0.151. The number of anilines is 5. The molecular weight excluding hydrogens is 905 g/mol. The quantitative estimate of drug-likeness (QED) is 0.153. The second kappa shape index (κ2) is 17.9. The number of nitrogens with zero attached hydrogens (tertiary/aromatic N) is 2. The molecule has 1 atom stereocenters. The lowest BCUT2D eigenvalue weighted by Gasteiger charge is -2.30. The van der Waals surface area contributed by atoms with Gasteiger partial charge in [0.05, 0.1) is 5.69 Å². The zero-order chi connectivity index (χ0) is 50.4. The summed E-state index contributed by atoms with van der Waals surface area (Å²) in [6.07, 6.45) is 21.3. The fourth-order valence-corrected chi connectivity index (χ4v) is 13.1. The molecule has 0 saturated heterocycles. The van der Waals surface area contributed by atoms with Crippen molar-refractivity contribution in [3.63, 3.8) is 0 Å². The average molecular weight is 965 g/mol. The molecule has 0 fully saturated rings. The van der Waals surface area contributed by atoms with Crippen LogP contribution in [-0.2, 0) is 24.7 Å². The lowest BCUT2D eigenvalue weighted by Crippen LogP contribution is -2.19. The van der Waals surface area contributed by atoms with E-state index in [4.69, 9.17) is 0 Å². The van der Waals surface area contributed by atoms with Crippen LogP contribution in [0.25, 0.3) is 66.4 Å². The van der Waals surface area contributed by atoms with Gasteiger partial charge in [0.25, 0.3) is 0 Å². The molecule has 0 saturated carbocycles. The normalized spacial score (nSPS) is 17.2. The van der Waals surface area contributed by atoms with Crippen LogP contribution in [0.4, 0.5) is 28.4 Å². The molecule has 0 amide bonds. The summed E-state index contributed by atoms with van der Waals surface area (Å²) >= 11 is 0. The Balaban J connectivity index is 0.832. The largest absolute Gasteiger partial charge is 0.314 e. The van der Waals surface area contributed by atoms with Crippen molar-refractivity contribution in [2.45, 2.75) is 65.2 Å². The zero-order valence-electron chi connectivity index (χ0n) is 43.4. The van der Waals surface area contributed by atoms with Gasteiger partial charge in [-0.3, -0.25) is 0 Å². The molecule has 75 heavy (non-hydrogen) atoms. The lowest BCUT2D eigenvalue weighted by molar-refractivity contribution is 0.660. The minimum Gasteiger partial charge on any atom is -0.314 e. The SMILES string of the molecule is CCC1C=CC=C/C1=C/C1=C(C)N(c2ccc3c(c2)C(C)(C)c2cc(/C=C/c4ccc(N5c6cc7ccccc7cc6CCc6cc7ccccc7cc65)c5ccccc45)ccc2-3)c2cc3ccccc3cc2CC1. The molecule has 2 heteroatoms. The maximum Gasteiger partial charge on any atom is 0.0540 e. The van der Waals surface area contributed by atoms with Crippen LogP contribution in [0.3, 0.4) is 0 Å². The number of rotatable bonds is 6. The second-order valence-corrected chi connectivity index (χ2v) is 21.9. The molecule has 0 N–H and O–H groups in total. The van der Waals surface area contributed by atoms with E-state index in [1.54, 1.807) is 0 Å². The Morgan fingerprint density at radius 2 is 1.03 bits per heavy atom. The molecule has 4 aliphatic rings. The standard InChI is InChI=1S/C73H60N2/c1-5-49-16-6-7-17-52(49)39-51-29-30-59-40-53-18-8-11-21-56(53)43-70(59)74(47(51)2)62-34-36-65-64-35-27-48(38-67(64)73(3,4)68(65)46-62)26-28-50-33-37-69(66-25-15-14-24-63(50)66)75-71-44-57-22-12-9-19-54(57)41-60(71)31-32-61-42-55-20-10-13-23-58(55)45-72(61)75/h6-28,33-46,49H,5,29-32H2,1-4H3/b28-26+,52-39-. The second-order valence-electron chi connectivity index (χ2n) is 21.9. The molecule has 14 rings (SSSR count). The van der Waals surface area contributed by atoms with Gasteiger partial charge < -0.3 is 9.80 Å². The highest BCUT2D eigenvalue weighted by molar-refractivity contribution is 6.06. The van der Waals surface area contributed by atoms with Gasteiger partial charge >= 0.3 is 0 Å². The van der Waals surface area contributed by atoms with E-state index in [2.05, 4.69) is 262 Å². The number of allylic oxidation sites excluding steroid dienone is 8. The van der Waals surface area contributed by atoms with Gasteiger partial charge in [0, 0.05) is 45.2 Å². The number of fused-ring (bicyclic) bond motifs is 10. The minimum atomic E-state index is -0.205. The van der Waals surface area contributed by atoms with Crippen molar-refractivity contribution >= 4 is 83.7 Å². The summed E-state index contributed by atoms with van der Waals surface area (Å²) in [7, 11) is 0. The van der Waals surface area contributed by atoms with Gasteiger partial charge in [-0.1, -0.05) is 191 Å². The third kappa shape index (κ3) is 7.60. The Morgan fingerprint density at radius 1 is 0.493 bits per heavy atom. The highest BCUT2D eigenvalue weighted by Gasteiger charge is 2.37. The molecule has 2 nitrogen and oxygen atoms in total. The summed E-state index contributed by atoms with van der Waals surface area (Å²) in [6.45, 7) is 9.48. The van der Waals surface area contributed by atoms with Gasteiger partial charge in [0.1, 0.15) is 0 Å². The first-order valence-corrected chi connectivity index (χ1v) is 27.2. The van der Waals surface area contributed by atoms with Crippen molar-refractivity contribution in [1.82, 2.24) is 0 Å². The molecule has 10 aromatic rings. The van der Waals surface area contributed by atoms with Gasteiger partial charge in [0.2, 0.25) is 0 Å². The Kier molecular flexibility index (Phi) is 10.8. The van der Waals surface area contributed by atoms with Crippen LogP contribution in [0.2, 0.25) is 0 Å². The first kappa shape index (κ1) is 45.2. The molecule has 0 bridgehead atoms. The topological polar surface area (TPSA) is 6.48 Å². The summed E-state index contributed by atoms with van der Waals surface area (Å²) in [5.74, 6) is 0.436.